The number of pyridine rings is 1. The topological polar surface area (TPSA) is 71.0 Å². The van der Waals surface area contributed by atoms with E-state index in [1.807, 2.05) is 25.1 Å². The Hall–Kier alpha value is -3.28. The number of hydrogen-bond acceptors (Lipinski definition) is 5. The molecule has 27 heavy (non-hydrogen) atoms. The summed E-state index contributed by atoms with van der Waals surface area (Å²) in [6, 6.07) is 13.9. The molecule has 3 aromatic rings. The number of rotatable bonds is 4. The highest BCUT2D eigenvalue weighted by Crippen LogP contribution is 2.32. The van der Waals surface area contributed by atoms with Crippen LogP contribution in [-0.4, -0.2) is 27.4 Å². The summed E-state index contributed by atoms with van der Waals surface area (Å²) in [6.45, 7) is 3.11. The van der Waals surface area contributed by atoms with Crippen molar-refractivity contribution in [3.05, 3.63) is 77.5 Å². The van der Waals surface area contributed by atoms with Crippen molar-refractivity contribution in [2.24, 2.45) is 0 Å². The fraction of sp³-hybridized carbons (Fsp3) is 0.238. The fourth-order valence-corrected chi connectivity index (χ4v) is 3.35. The number of anilines is 2. The third-order valence-corrected chi connectivity index (χ3v) is 4.62. The van der Waals surface area contributed by atoms with Crippen molar-refractivity contribution in [2.45, 2.75) is 26.3 Å². The van der Waals surface area contributed by atoms with Crippen LogP contribution in [0, 0.1) is 6.92 Å². The van der Waals surface area contributed by atoms with Gasteiger partial charge in [0.15, 0.2) is 0 Å². The average Bonchev–Trinajstić information content (AvgIpc) is 2.72. The second-order valence-corrected chi connectivity index (χ2v) is 6.59. The van der Waals surface area contributed by atoms with Crippen LogP contribution >= 0.6 is 0 Å². The molecule has 0 radical (unpaired) electrons. The van der Waals surface area contributed by atoms with Gasteiger partial charge in [0.1, 0.15) is 17.3 Å². The fourth-order valence-electron chi connectivity index (χ4n) is 3.35. The molecule has 0 saturated carbocycles. The van der Waals surface area contributed by atoms with Gasteiger partial charge in [0.25, 0.3) is 5.91 Å². The molecule has 1 amide bonds. The second-order valence-electron chi connectivity index (χ2n) is 6.59. The van der Waals surface area contributed by atoms with E-state index in [0.29, 0.717) is 18.1 Å². The largest absolute Gasteiger partial charge is 0.347 e. The Morgan fingerprint density at radius 3 is 2.93 bits per heavy atom. The Bertz CT molecular complexity index is 958. The van der Waals surface area contributed by atoms with Gasteiger partial charge in [0.05, 0.1) is 0 Å². The van der Waals surface area contributed by atoms with Gasteiger partial charge in [-0.05, 0) is 43.0 Å². The molecule has 4 rings (SSSR count). The van der Waals surface area contributed by atoms with Gasteiger partial charge in [-0.25, -0.2) is 9.97 Å². The number of benzene rings is 1. The number of para-hydroxylation sites is 1. The first-order valence-corrected chi connectivity index (χ1v) is 9.09. The standard InChI is InChI=1S/C21H21N5O/c1-15-24-18(21(27)23-14-16-6-4-10-22-13-16)12-20(25-15)26-11-5-8-17-7-2-3-9-19(17)26/h2-4,6-7,9-10,12-13H,5,8,11,14H2,1H3,(H,23,27). The molecule has 0 fully saturated rings. The SMILES string of the molecule is Cc1nc(C(=O)NCc2cccnc2)cc(N2CCCc3ccccc32)n1. The van der Waals surface area contributed by atoms with Crippen molar-refractivity contribution in [1.29, 1.82) is 0 Å². The van der Waals surface area contributed by atoms with Crippen LogP contribution in [0.3, 0.4) is 0 Å². The third kappa shape index (κ3) is 3.79. The van der Waals surface area contributed by atoms with E-state index in [1.54, 1.807) is 18.5 Å². The maximum Gasteiger partial charge on any atom is 0.270 e. The summed E-state index contributed by atoms with van der Waals surface area (Å²) in [5.41, 5.74) is 3.79. The lowest BCUT2D eigenvalue weighted by molar-refractivity contribution is 0.0945. The highest BCUT2D eigenvalue weighted by atomic mass is 16.1. The van der Waals surface area contributed by atoms with E-state index in [1.165, 1.54) is 5.56 Å². The maximum absolute atomic E-state index is 12.6. The number of aromatic nitrogens is 3. The van der Waals surface area contributed by atoms with Crippen LogP contribution in [0.4, 0.5) is 11.5 Å². The molecule has 0 spiro atoms. The van der Waals surface area contributed by atoms with Gasteiger partial charge in [0.2, 0.25) is 0 Å². The monoisotopic (exact) mass is 359 g/mol. The Morgan fingerprint density at radius 2 is 2.07 bits per heavy atom. The van der Waals surface area contributed by atoms with E-state index in [-0.39, 0.29) is 5.91 Å². The zero-order chi connectivity index (χ0) is 18.6. The van der Waals surface area contributed by atoms with Crippen LogP contribution in [0.1, 0.15) is 33.9 Å². The minimum Gasteiger partial charge on any atom is -0.347 e. The molecule has 1 aromatic carbocycles. The summed E-state index contributed by atoms with van der Waals surface area (Å²) in [6.07, 6.45) is 5.57. The molecule has 0 saturated heterocycles. The minimum absolute atomic E-state index is 0.212. The lowest BCUT2D eigenvalue weighted by Crippen LogP contribution is -2.28. The molecule has 1 aliphatic rings. The minimum atomic E-state index is -0.212. The number of fused-ring (bicyclic) bond motifs is 1. The summed E-state index contributed by atoms with van der Waals surface area (Å²) < 4.78 is 0. The van der Waals surface area contributed by atoms with Crippen molar-refractivity contribution in [3.8, 4) is 0 Å². The van der Waals surface area contributed by atoms with Crippen LogP contribution in [-0.2, 0) is 13.0 Å². The van der Waals surface area contributed by atoms with E-state index in [0.717, 1.165) is 36.5 Å². The molecule has 1 N–H and O–H groups in total. The van der Waals surface area contributed by atoms with Gasteiger partial charge < -0.3 is 10.2 Å². The first-order chi connectivity index (χ1) is 13.2. The Labute approximate surface area is 158 Å². The zero-order valence-electron chi connectivity index (χ0n) is 15.2. The summed E-state index contributed by atoms with van der Waals surface area (Å²) in [7, 11) is 0. The Morgan fingerprint density at radius 1 is 1.19 bits per heavy atom. The first kappa shape index (κ1) is 17.1. The van der Waals surface area contributed by atoms with E-state index in [2.05, 4.69) is 43.4 Å². The quantitative estimate of drug-likeness (QED) is 0.775. The van der Waals surface area contributed by atoms with Crippen LogP contribution in [0.2, 0.25) is 0 Å². The molecule has 0 unspecified atom stereocenters. The summed E-state index contributed by atoms with van der Waals surface area (Å²) in [5.74, 6) is 1.14. The molecular formula is C21H21N5O. The van der Waals surface area contributed by atoms with Gasteiger partial charge in [-0.2, -0.15) is 0 Å². The van der Waals surface area contributed by atoms with Gasteiger partial charge in [0, 0.05) is 37.2 Å². The maximum atomic E-state index is 12.6. The molecule has 1 aliphatic heterocycles. The van der Waals surface area contributed by atoms with E-state index >= 15 is 0 Å². The first-order valence-electron chi connectivity index (χ1n) is 9.09. The van der Waals surface area contributed by atoms with Crippen LogP contribution in [0.5, 0.6) is 0 Å². The number of amides is 1. The van der Waals surface area contributed by atoms with Crippen LogP contribution in [0.25, 0.3) is 0 Å². The van der Waals surface area contributed by atoms with Crippen molar-refractivity contribution in [1.82, 2.24) is 20.3 Å². The molecule has 3 heterocycles. The molecule has 0 atom stereocenters. The Kier molecular flexibility index (Phi) is 4.78. The molecule has 6 heteroatoms. The molecule has 2 aromatic heterocycles. The third-order valence-electron chi connectivity index (χ3n) is 4.62. The van der Waals surface area contributed by atoms with Gasteiger partial charge in [-0.15, -0.1) is 0 Å². The van der Waals surface area contributed by atoms with Gasteiger partial charge in [-0.1, -0.05) is 24.3 Å². The number of carbonyl (C=O) groups is 1. The van der Waals surface area contributed by atoms with Crippen LogP contribution in [0.15, 0.2) is 54.9 Å². The highest BCUT2D eigenvalue weighted by Gasteiger charge is 2.21. The predicted molar refractivity (Wildman–Crippen MR) is 104 cm³/mol. The van der Waals surface area contributed by atoms with Crippen molar-refractivity contribution in [3.63, 3.8) is 0 Å². The van der Waals surface area contributed by atoms with E-state index in [4.69, 9.17) is 0 Å². The summed E-state index contributed by atoms with van der Waals surface area (Å²) in [5, 5.41) is 2.90. The number of nitrogens with zero attached hydrogens (tertiary/aromatic N) is 4. The van der Waals surface area contributed by atoms with Crippen molar-refractivity contribution in [2.75, 3.05) is 11.4 Å². The van der Waals surface area contributed by atoms with Crippen molar-refractivity contribution >= 4 is 17.4 Å². The molecule has 0 bridgehead atoms. The van der Waals surface area contributed by atoms with Crippen molar-refractivity contribution < 1.29 is 4.79 Å². The van der Waals surface area contributed by atoms with Crippen LogP contribution < -0.4 is 10.2 Å². The molecule has 6 nitrogen and oxygen atoms in total. The lowest BCUT2D eigenvalue weighted by Gasteiger charge is -2.30. The average molecular weight is 359 g/mol. The van der Waals surface area contributed by atoms with Gasteiger partial charge >= 0.3 is 0 Å². The van der Waals surface area contributed by atoms with Gasteiger partial charge in [-0.3, -0.25) is 9.78 Å². The lowest BCUT2D eigenvalue weighted by atomic mass is 10.0. The zero-order valence-corrected chi connectivity index (χ0v) is 15.2. The number of hydrogen-bond donors (Lipinski definition) is 1. The number of carbonyl (C=O) groups excluding carboxylic acids is 1. The normalized spacial score (nSPS) is 13.1. The van der Waals surface area contributed by atoms with E-state index in [9.17, 15) is 4.79 Å². The second kappa shape index (κ2) is 7.53. The van der Waals surface area contributed by atoms with E-state index < -0.39 is 0 Å². The smallest absolute Gasteiger partial charge is 0.270 e. The number of nitrogens with one attached hydrogen (secondary N) is 1. The summed E-state index contributed by atoms with van der Waals surface area (Å²) in [4.78, 5) is 27.8. The Balaban J connectivity index is 1.58. The predicted octanol–water partition coefficient (Wildman–Crippen LogP) is 3.19. The molecule has 136 valence electrons. The molecular weight excluding hydrogens is 338 g/mol. The number of aryl methyl sites for hydroxylation is 2. The summed E-state index contributed by atoms with van der Waals surface area (Å²) >= 11 is 0. The highest BCUT2D eigenvalue weighted by molar-refractivity contribution is 5.93. The molecule has 0 aliphatic carbocycles.